The molecule has 2 aromatic rings. The van der Waals surface area contributed by atoms with E-state index in [1.807, 2.05) is 11.7 Å². The van der Waals surface area contributed by atoms with E-state index in [1.54, 1.807) is 11.3 Å². The molecule has 1 nitrogen and oxygen atoms in total. The number of nitrogens with zero attached hydrogens (tertiary/aromatic N) is 1. The highest BCUT2D eigenvalue weighted by atomic mass is 32.1. The van der Waals surface area contributed by atoms with Crippen molar-refractivity contribution in [2.75, 3.05) is 0 Å². The second kappa shape index (κ2) is 3.93. The predicted molar refractivity (Wildman–Crippen MR) is 60.8 cm³/mol. The molecule has 0 amide bonds. The molecule has 0 aliphatic carbocycles. The summed E-state index contributed by atoms with van der Waals surface area (Å²) in [6.07, 6.45) is 2.95. The monoisotopic (exact) mass is 203 g/mol. The van der Waals surface area contributed by atoms with Crippen LogP contribution in [0.15, 0.2) is 29.9 Å². The van der Waals surface area contributed by atoms with Gasteiger partial charge in [-0.05, 0) is 30.5 Å². The van der Waals surface area contributed by atoms with Crippen LogP contribution in [0.5, 0.6) is 0 Å². The van der Waals surface area contributed by atoms with Gasteiger partial charge in [0.15, 0.2) is 0 Å². The largest absolute Gasteiger partial charge is 0.253 e. The fourth-order valence-corrected chi connectivity index (χ4v) is 2.07. The van der Waals surface area contributed by atoms with Gasteiger partial charge in [-0.25, -0.2) is 0 Å². The molecule has 0 aliphatic heterocycles. The van der Waals surface area contributed by atoms with E-state index < -0.39 is 0 Å². The number of hydrogen-bond acceptors (Lipinski definition) is 2. The van der Waals surface area contributed by atoms with Gasteiger partial charge in [-0.15, -0.1) is 11.3 Å². The Labute approximate surface area is 88.4 Å². The lowest BCUT2D eigenvalue weighted by atomic mass is 10.0. The summed E-state index contributed by atoms with van der Waals surface area (Å²) in [6, 6.07) is 6.64. The third kappa shape index (κ3) is 2.02. The summed E-state index contributed by atoms with van der Waals surface area (Å²) in [7, 11) is 0. The molecule has 14 heavy (non-hydrogen) atoms. The molecule has 0 saturated carbocycles. The molecule has 0 unspecified atom stereocenters. The van der Waals surface area contributed by atoms with Gasteiger partial charge in [-0.3, -0.25) is 4.98 Å². The summed E-state index contributed by atoms with van der Waals surface area (Å²) in [5.41, 5.74) is 5.98. The van der Waals surface area contributed by atoms with Crippen LogP contribution < -0.4 is 0 Å². The Morgan fingerprint density at radius 3 is 2.71 bits per heavy atom. The van der Waals surface area contributed by atoms with Crippen LogP contribution in [-0.2, 0) is 6.42 Å². The van der Waals surface area contributed by atoms with Gasteiger partial charge in [-0.1, -0.05) is 18.2 Å². The first-order valence-corrected chi connectivity index (χ1v) is 5.57. The molecule has 0 aliphatic rings. The molecule has 1 heterocycles. The zero-order chi connectivity index (χ0) is 9.97. The van der Waals surface area contributed by atoms with E-state index in [4.69, 9.17) is 0 Å². The van der Waals surface area contributed by atoms with E-state index >= 15 is 0 Å². The lowest BCUT2D eigenvalue weighted by molar-refractivity contribution is 1.19. The highest BCUT2D eigenvalue weighted by Crippen LogP contribution is 2.16. The Bertz CT molecular complexity index is 418. The summed E-state index contributed by atoms with van der Waals surface area (Å²) in [6.45, 7) is 4.30. The number of aryl methyl sites for hydroxylation is 2. The standard InChI is InChI=1S/C12H13NS/c1-9-3-4-11(5-10(9)2)6-12-7-13-8-14-12/h3-5,7-8H,6H2,1-2H3. The average molecular weight is 203 g/mol. The van der Waals surface area contributed by atoms with Crippen molar-refractivity contribution in [3.05, 3.63) is 51.5 Å². The van der Waals surface area contributed by atoms with E-state index in [0.717, 1.165) is 6.42 Å². The molecule has 2 rings (SSSR count). The Kier molecular flexibility index (Phi) is 2.64. The lowest BCUT2D eigenvalue weighted by Crippen LogP contribution is -1.88. The summed E-state index contributed by atoms with van der Waals surface area (Å²) in [5.74, 6) is 0. The third-order valence-electron chi connectivity index (χ3n) is 2.43. The van der Waals surface area contributed by atoms with Crippen LogP contribution in [0.25, 0.3) is 0 Å². The number of thiazole rings is 1. The zero-order valence-electron chi connectivity index (χ0n) is 8.45. The second-order valence-electron chi connectivity index (χ2n) is 3.56. The fraction of sp³-hybridized carbons (Fsp3) is 0.250. The molecule has 0 N–H and O–H groups in total. The number of rotatable bonds is 2. The van der Waals surface area contributed by atoms with Crippen molar-refractivity contribution in [3.8, 4) is 0 Å². The van der Waals surface area contributed by atoms with Crippen molar-refractivity contribution in [2.45, 2.75) is 20.3 Å². The van der Waals surface area contributed by atoms with Gasteiger partial charge in [0.05, 0.1) is 5.51 Å². The molecule has 72 valence electrons. The molecule has 1 aromatic heterocycles. The molecule has 0 fully saturated rings. The minimum Gasteiger partial charge on any atom is -0.253 e. The predicted octanol–water partition coefficient (Wildman–Crippen LogP) is 3.35. The molecule has 1 aromatic carbocycles. The lowest BCUT2D eigenvalue weighted by Gasteiger charge is -2.03. The van der Waals surface area contributed by atoms with Crippen LogP contribution in [0.2, 0.25) is 0 Å². The first-order valence-electron chi connectivity index (χ1n) is 4.69. The molecule has 0 atom stereocenters. The molecular formula is C12H13NS. The maximum atomic E-state index is 4.08. The van der Waals surface area contributed by atoms with Gasteiger partial charge in [0.2, 0.25) is 0 Å². The van der Waals surface area contributed by atoms with Crippen molar-refractivity contribution in [1.29, 1.82) is 0 Å². The van der Waals surface area contributed by atoms with Crippen LogP contribution in [0, 0.1) is 13.8 Å². The van der Waals surface area contributed by atoms with Crippen LogP contribution in [-0.4, -0.2) is 4.98 Å². The highest BCUT2D eigenvalue weighted by molar-refractivity contribution is 7.09. The molecule has 0 bridgehead atoms. The summed E-state index contributed by atoms with van der Waals surface area (Å²) >= 11 is 1.72. The maximum Gasteiger partial charge on any atom is 0.0794 e. The van der Waals surface area contributed by atoms with Gasteiger partial charge in [0, 0.05) is 17.5 Å². The maximum absolute atomic E-state index is 4.08. The van der Waals surface area contributed by atoms with Crippen LogP contribution in [0.4, 0.5) is 0 Å². The SMILES string of the molecule is Cc1ccc(Cc2cncs2)cc1C. The zero-order valence-corrected chi connectivity index (χ0v) is 9.27. The molecule has 0 saturated heterocycles. The van der Waals surface area contributed by atoms with Gasteiger partial charge in [-0.2, -0.15) is 0 Å². The quantitative estimate of drug-likeness (QED) is 0.729. The van der Waals surface area contributed by atoms with E-state index in [0.29, 0.717) is 0 Å². The average Bonchev–Trinajstić information content (AvgIpc) is 2.64. The van der Waals surface area contributed by atoms with Gasteiger partial charge in [0.1, 0.15) is 0 Å². The third-order valence-corrected chi connectivity index (χ3v) is 3.21. The highest BCUT2D eigenvalue weighted by Gasteiger charge is 1.99. The van der Waals surface area contributed by atoms with Gasteiger partial charge in [0.25, 0.3) is 0 Å². The minimum atomic E-state index is 1.01. The summed E-state index contributed by atoms with van der Waals surface area (Å²) < 4.78 is 0. The number of benzene rings is 1. The van der Waals surface area contributed by atoms with E-state index in [2.05, 4.69) is 37.0 Å². The smallest absolute Gasteiger partial charge is 0.0794 e. The Balaban J connectivity index is 2.22. The van der Waals surface area contributed by atoms with Crippen molar-refractivity contribution in [3.63, 3.8) is 0 Å². The first-order chi connectivity index (χ1) is 6.75. The Hall–Kier alpha value is -1.15. The minimum absolute atomic E-state index is 1.01. The molecule has 0 spiro atoms. The fourth-order valence-electron chi connectivity index (χ4n) is 1.44. The van der Waals surface area contributed by atoms with Crippen LogP contribution >= 0.6 is 11.3 Å². The van der Waals surface area contributed by atoms with E-state index in [9.17, 15) is 0 Å². The Morgan fingerprint density at radius 2 is 2.07 bits per heavy atom. The summed E-state index contributed by atoms with van der Waals surface area (Å²) in [5, 5.41) is 0. The van der Waals surface area contributed by atoms with Gasteiger partial charge >= 0.3 is 0 Å². The topological polar surface area (TPSA) is 12.9 Å². The first kappa shape index (κ1) is 9.41. The van der Waals surface area contributed by atoms with Crippen LogP contribution in [0.3, 0.4) is 0 Å². The summed E-state index contributed by atoms with van der Waals surface area (Å²) in [4.78, 5) is 5.40. The second-order valence-corrected chi connectivity index (χ2v) is 4.53. The van der Waals surface area contributed by atoms with Crippen LogP contribution in [0.1, 0.15) is 21.6 Å². The van der Waals surface area contributed by atoms with E-state index in [1.165, 1.54) is 21.6 Å². The van der Waals surface area contributed by atoms with Crippen molar-refractivity contribution < 1.29 is 0 Å². The molecule has 2 heteroatoms. The molecule has 0 radical (unpaired) electrons. The van der Waals surface area contributed by atoms with Crippen molar-refractivity contribution >= 4 is 11.3 Å². The van der Waals surface area contributed by atoms with Gasteiger partial charge < -0.3 is 0 Å². The normalized spacial score (nSPS) is 10.4. The van der Waals surface area contributed by atoms with Crippen molar-refractivity contribution in [1.82, 2.24) is 4.98 Å². The van der Waals surface area contributed by atoms with E-state index in [-0.39, 0.29) is 0 Å². The number of hydrogen-bond donors (Lipinski definition) is 0. The Morgan fingerprint density at radius 1 is 1.21 bits per heavy atom. The number of aromatic nitrogens is 1. The molecular weight excluding hydrogens is 190 g/mol. The van der Waals surface area contributed by atoms with Crippen molar-refractivity contribution in [2.24, 2.45) is 0 Å².